The summed E-state index contributed by atoms with van der Waals surface area (Å²) in [6.45, 7) is 3.19. The zero-order valence-corrected chi connectivity index (χ0v) is 13.6. The number of piperidine rings is 1. The quantitative estimate of drug-likeness (QED) is 0.796. The standard InChI is InChI=1S/C15H22N2O4S/c1-21-15(18)13-5-7-14(8-6-13)22(19,20)16-9-12-17-10-3-2-4-11-17/h5-8,16H,2-4,9-12H2,1H3. The maximum absolute atomic E-state index is 12.2. The second kappa shape index (κ2) is 7.71. The molecular formula is C15H22N2O4S. The predicted molar refractivity (Wildman–Crippen MR) is 83.3 cm³/mol. The minimum atomic E-state index is -3.54. The van der Waals surface area contributed by atoms with Crippen LogP contribution in [0.3, 0.4) is 0 Å². The van der Waals surface area contributed by atoms with Crippen molar-refractivity contribution < 1.29 is 17.9 Å². The first-order chi connectivity index (χ1) is 10.5. The number of likely N-dealkylation sites (tertiary alicyclic amines) is 1. The fourth-order valence-electron chi connectivity index (χ4n) is 2.49. The highest BCUT2D eigenvalue weighted by molar-refractivity contribution is 7.89. The van der Waals surface area contributed by atoms with E-state index in [1.165, 1.54) is 50.6 Å². The number of rotatable bonds is 6. The smallest absolute Gasteiger partial charge is 0.337 e. The fraction of sp³-hybridized carbons (Fsp3) is 0.533. The van der Waals surface area contributed by atoms with Crippen LogP contribution in [0, 0.1) is 0 Å². The largest absolute Gasteiger partial charge is 0.465 e. The van der Waals surface area contributed by atoms with Crippen LogP contribution >= 0.6 is 0 Å². The average Bonchev–Trinajstić information content (AvgIpc) is 2.55. The van der Waals surface area contributed by atoms with Crippen molar-refractivity contribution in [1.82, 2.24) is 9.62 Å². The molecule has 2 rings (SSSR count). The van der Waals surface area contributed by atoms with Crippen LogP contribution in [0.4, 0.5) is 0 Å². The number of hydrogen-bond acceptors (Lipinski definition) is 5. The number of benzene rings is 1. The lowest BCUT2D eigenvalue weighted by molar-refractivity contribution is 0.0600. The first-order valence-electron chi connectivity index (χ1n) is 7.43. The second-order valence-corrected chi connectivity index (χ2v) is 7.08. The van der Waals surface area contributed by atoms with E-state index >= 15 is 0 Å². The maximum Gasteiger partial charge on any atom is 0.337 e. The van der Waals surface area contributed by atoms with E-state index in [0.29, 0.717) is 12.1 Å². The van der Waals surface area contributed by atoms with Gasteiger partial charge in [0.15, 0.2) is 0 Å². The van der Waals surface area contributed by atoms with Crippen LogP contribution in [0.1, 0.15) is 29.6 Å². The lowest BCUT2D eigenvalue weighted by atomic mass is 10.1. The highest BCUT2D eigenvalue weighted by atomic mass is 32.2. The van der Waals surface area contributed by atoms with Gasteiger partial charge in [-0.3, -0.25) is 0 Å². The van der Waals surface area contributed by atoms with Gasteiger partial charge in [-0.05, 0) is 50.2 Å². The van der Waals surface area contributed by atoms with Crippen LogP contribution in [0.2, 0.25) is 0 Å². The lowest BCUT2D eigenvalue weighted by Crippen LogP contribution is -2.37. The van der Waals surface area contributed by atoms with Crippen molar-refractivity contribution in [2.45, 2.75) is 24.2 Å². The molecule has 1 aliphatic rings. The summed E-state index contributed by atoms with van der Waals surface area (Å²) in [6, 6.07) is 5.72. The monoisotopic (exact) mass is 326 g/mol. The van der Waals surface area contributed by atoms with Gasteiger partial charge in [0.25, 0.3) is 0 Å². The summed E-state index contributed by atoms with van der Waals surface area (Å²) < 4.78 is 31.5. The van der Waals surface area contributed by atoms with Crippen LogP contribution in [-0.4, -0.2) is 52.6 Å². The molecule has 0 bridgehead atoms. The number of nitrogens with one attached hydrogen (secondary N) is 1. The normalized spacial score (nSPS) is 16.4. The Morgan fingerprint density at radius 1 is 1.18 bits per heavy atom. The summed E-state index contributed by atoms with van der Waals surface area (Å²) in [7, 11) is -2.25. The summed E-state index contributed by atoms with van der Waals surface area (Å²) in [5, 5.41) is 0. The SMILES string of the molecule is COC(=O)c1ccc(S(=O)(=O)NCCN2CCCCC2)cc1. The third kappa shape index (κ3) is 4.53. The number of carbonyl (C=O) groups is 1. The zero-order chi connectivity index (χ0) is 16.0. The molecule has 0 saturated carbocycles. The third-order valence-electron chi connectivity index (χ3n) is 3.75. The Bertz CT molecular complexity index is 592. The molecule has 1 heterocycles. The van der Waals surface area contributed by atoms with Crippen LogP contribution in [0.25, 0.3) is 0 Å². The molecule has 1 aliphatic heterocycles. The summed E-state index contributed by atoms with van der Waals surface area (Å²) >= 11 is 0. The molecule has 1 N–H and O–H groups in total. The number of esters is 1. The molecule has 6 nitrogen and oxygen atoms in total. The Balaban J connectivity index is 1.90. The molecular weight excluding hydrogens is 304 g/mol. The van der Waals surface area contributed by atoms with E-state index in [1.807, 2.05) is 0 Å². The van der Waals surface area contributed by atoms with Gasteiger partial charge in [0.05, 0.1) is 17.6 Å². The Hall–Kier alpha value is -1.44. The molecule has 22 heavy (non-hydrogen) atoms. The molecule has 0 spiro atoms. The van der Waals surface area contributed by atoms with E-state index < -0.39 is 16.0 Å². The van der Waals surface area contributed by atoms with E-state index in [1.54, 1.807) is 0 Å². The number of carbonyl (C=O) groups excluding carboxylic acids is 1. The number of ether oxygens (including phenoxy) is 1. The van der Waals surface area contributed by atoms with Crippen molar-refractivity contribution in [2.75, 3.05) is 33.3 Å². The molecule has 1 fully saturated rings. The molecule has 122 valence electrons. The van der Waals surface area contributed by atoms with Gasteiger partial charge in [-0.25, -0.2) is 17.9 Å². The van der Waals surface area contributed by atoms with Crippen LogP contribution in [-0.2, 0) is 14.8 Å². The summed E-state index contributed by atoms with van der Waals surface area (Å²) in [5.74, 6) is -0.484. The van der Waals surface area contributed by atoms with Crippen molar-refractivity contribution in [3.05, 3.63) is 29.8 Å². The molecule has 7 heteroatoms. The molecule has 1 aromatic rings. The second-order valence-electron chi connectivity index (χ2n) is 5.32. The third-order valence-corrected chi connectivity index (χ3v) is 5.23. The molecule has 0 unspecified atom stereocenters. The van der Waals surface area contributed by atoms with Gasteiger partial charge >= 0.3 is 5.97 Å². The molecule has 1 aromatic carbocycles. The van der Waals surface area contributed by atoms with Gasteiger partial charge in [-0.15, -0.1) is 0 Å². The minimum Gasteiger partial charge on any atom is -0.465 e. The molecule has 0 radical (unpaired) electrons. The van der Waals surface area contributed by atoms with Gasteiger partial charge < -0.3 is 9.64 Å². The van der Waals surface area contributed by atoms with Crippen LogP contribution in [0.15, 0.2) is 29.2 Å². The molecule has 1 saturated heterocycles. The molecule has 0 atom stereocenters. The van der Waals surface area contributed by atoms with Gasteiger partial charge in [0, 0.05) is 13.1 Å². The van der Waals surface area contributed by atoms with Crippen LogP contribution in [0.5, 0.6) is 0 Å². The Morgan fingerprint density at radius 3 is 2.41 bits per heavy atom. The predicted octanol–water partition coefficient (Wildman–Crippen LogP) is 1.24. The van der Waals surface area contributed by atoms with Crippen molar-refractivity contribution in [3.8, 4) is 0 Å². The lowest BCUT2D eigenvalue weighted by Gasteiger charge is -2.26. The molecule has 0 amide bonds. The first-order valence-corrected chi connectivity index (χ1v) is 8.91. The Labute approximate surface area is 131 Å². The van der Waals surface area contributed by atoms with Crippen molar-refractivity contribution in [3.63, 3.8) is 0 Å². The average molecular weight is 326 g/mol. The Morgan fingerprint density at radius 2 is 1.82 bits per heavy atom. The van der Waals surface area contributed by atoms with E-state index in [4.69, 9.17) is 0 Å². The van der Waals surface area contributed by atoms with E-state index in [0.717, 1.165) is 19.6 Å². The van der Waals surface area contributed by atoms with E-state index in [2.05, 4.69) is 14.4 Å². The fourth-order valence-corrected chi connectivity index (χ4v) is 3.51. The van der Waals surface area contributed by atoms with Gasteiger partial charge in [-0.2, -0.15) is 0 Å². The number of methoxy groups -OCH3 is 1. The highest BCUT2D eigenvalue weighted by Gasteiger charge is 2.16. The van der Waals surface area contributed by atoms with E-state index in [-0.39, 0.29) is 4.90 Å². The first kappa shape index (κ1) is 16.9. The highest BCUT2D eigenvalue weighted by Crippen LogP contribution is 2.12. The zero-order valence-electron chi connectivity index (χ0n) is 12.7. The summed E-state index contributed by atoms with van der Waals surface area (Å²) in [6.07, 6.45) is 3.62. The van der Waals surface area contributed by atoms with Gasteiger partial charge in [-0.1, -0.05) is 6.42 Å². The number of hydrogen-bond donors (Lipinski definition) is 1. The minimum absolute atomic E-state index is 0.152. The maximum atomic E-state index is 12.2. The topological polar surface area (TPSA) is 75.7 Å². The van der Waals surface area contributed by atoms with E-state index in [9.17, 15) is 13.2 Å². The van der Waals surface area contributed by atoms with Gasteiger partial charge in [0.1, 0.15) is 0 Å². The van der Waals surface area contributed by atoms with Crippen LogP contribution < -0.4 is 4.72 Å². The van der Waals surface area contributed by atoms with Crippen molar-refractivity contribution in [1.29, 1.82) is 0 Å². The van der Waals surface area contributed by atoms with Crippen molar-refractivity contribution >= 4 is 16.0 Å². The summed E-state index contributed by atoms with van der Waals surface area (Å²) in [4.78, 5) is 13.8. The molecule has 0 aromatic heterocycles. The number of sulfonamides is 1. The Kier molecular flexibility index (Phi) is 5.93. The summed E-state index contributed by atoms with van der Waals surface area (Å²) in [5.41, 5.74) is 0.328. The number of nitrogens with zero attached hydrogens (tertiary/aromatic N) is 1. The van der Waals surface area contributed by atoms with Crippen molar-refractivity contribution in [2.24, 2.45) is 0 Å². The molecule has 0 aliphatic carbocycles. The van der Waals surface area contributed by atoms with Gasteiger partial charge in [0.2, 0.25) is 10.0 Å².